The van der Waals surface area contributed by atoms with Crippen LogP contribution in [0.2, 0.25) is 5.02 Å². The van der Waals surface area contributed by atoms with Crippen molar-refractivity contribution in [1.29, 1.82) is 0 Å². The first-order valence-corrected chi connectivity index (χ1v) is 7.90. The number of H-pyrrole nitrogens is 1. The van der Waals surface area contributed by atoms with E-state index in [0.717, 1.165) is 16.5 Å². The standard InChI is InChI=1S/C18H16ClFN2O2/c19-13-1-4-15(5-2-13)24-11-18(23)21-8-7-12-10-22-17-9-14(20)3-6-16(12)17/h1-6,9-10,22H,7-8,11H2,(H,21,23). The Labute approximate surface area is 143 Å². The number of ether oxygens (including phenoxy) is 1. The molecule has 3 rings (SSSR count). The number of carbonyl (C=O) groups is 1. The lowest BCUT2D eigenvalue weighted by Crippen LogP contribution is -2.30. The summed E-state index contributed by atoms with van der Waals surface area (Å²) in [6.45, 7) is 0.424. The summed E-state index contributed by atoms with van der Waals surface area (Å²) in [6, 6.07) is 11.4. The minimum Gasteiger partial charge on any atom is -0.484 e. The second kappa shape index (κ2) is 7.36. The molecule has 0 aliphatic rings. The molecule has 2 aromatic carbocycles. The molecular formula is C18H16ClFN2O2. The Bertz CT molecular complexity index is 846. The average molecular weight is 347 g/mol. The van der Waals surface area contributed by atoms with E-state index in [0.29, 0.717) is 23.7 Å². The topological polar surface area (TPSA) is 54.1 Å². The summed E-state index contributed by atoms with van der Waals surface area (Å²) >= 11 is 5.78. The zero-order valence-electron chi connectivity index (χ0n) is 12.8. The van der Waals surface area contributed by atoms with Crippen LogP contribution in [-0.2, 0) is 11.2 Å². The van der Waals surface area contributed by atoms with Gasteiger partial charge in [0.15, 0.2) is 6.61 Å². The van der Waals surface area contributed by atoms with Gasteiger partial charge >= 0.3 is 0 Å². The van der Waals surface area contributed by atoms with E-state index in [1.807, 2.05) is 6.20 Å². The van der Waals surface area contributed by atoms with Gasteiger partial charge in [0.05, 0.1) is 0 Å². The summed E-state index contributed by atoms with van der Waals surface area (Å²) in [5.41, 5.74) is 1.78. The molecule has 0 spiro atoms. The van der Waals surface area contributed by atoms with E-state index < -0.39 is 0 Å². The van der Waals surface area contributed by atoms with Crippen LogP contribution in [0.3, 0.4) is 0 Å². The SMILES string of the molecule is O=C(COc1ccc(Cl)cc1)NCCc1c[nH]c2cc(F)ccc12. The number of nitrogens with one attached hydrogen (secondary N) is 2. The third kappa shape index (κ3) is 4.06. The molecule has 0 bridgehead atoms. The van der Waals surface area contributed by atoms with Crippen LogP contribution < -0.4 is 10.1 Å². The molecule has 3 aromatic rings. The molecule has 0 unspecified atom stereocenters. The molecule has 124 valence electrons. The van der Waals surface area contributed by atoms with Gasteiger partial charge < -0.3 is 15.0 Å². The molecule has 1 aromatic heterocycles. The van der Waals surface area contributed by atoms with Gasteiger partial charge in [-0.2, -0.15) is 0 Å². The Hall–Kier alpha value is -2.53. The first-order chi connectivity index (χ1) is 11.6. The number of aromatic amines is 1. The van der Waals surface area contributed by atoms with E-state index >= 15 is 0 Å². The second-order valence-corrected chi connectivity index (χ2v) is 5.78. The van der Waals surface area contributed by atoms with Gasteiger partial charge in [-0.15, -0.1) is 0 Å². The third-order valence-corrected chi connectivity index (χ3v) is 3.88. The van der Waals surface area contributed by atoms with Crippen LogP contribution in [0.4, 0.5) is 4.39 Å². The summed E-state index contributed by atoms with van der Waals surface area (Å²) in [5.74, 6) is 0.118. The van der Waals surface area contributed by atoms with Crippen LogP contribution in [0.1, 0.15) is 5.56 Å². The molecule has 1 amide bonds. The van der Waals surface area contributed by atoms with Gasteiger partial charge in [0.2, 0.25) is 0 Å². The van der Waals surface area contributed by atoms with Gasteiger partial charge in [-0.1, -0.05) is 11.6 Å². The van der Waals surface area contributed by atoms with Crippen molar-refractivity contribution in [3.63, 3.8) is 0 Å². The van der Waals surface area contributed by atoms with Crippen LogP contribution in [0, 0.1) is 5.82 Å². The minimum atomic E-state index is -0.274. The molecule has 0 saturated heterocycles. The van der Waals surface area contributed by atoms with Crippen molar-refractivity contribution in [2.24, 2.45) is 0 Å². The van der Waals surface area contributed by atoms with E-state index in [1.165, 1.54) is 12.1 Å². The van der Waals surface area contributed by atoms with Gasteiger partial charge in [-0.25, -0.2) is 4.39 Å². The lowest BCUT2D eigenvalue weighted by atomic mass is 10.1. The number of aromatic nitrogens is 1. The molecule has 0 radical (unpaired) electrons. The van der Waals surface area contributed by atoms with Crippen LogP contribution in [0.15, 0.2) is 48.7 Å². The Kier molecular flexibility index (Phi) is 5.01. The minimum absolute atomic E-state index is 0.0548. The first kappa shape index (κ1) is 16.3. The summed E-state index contributed by atoms with van der Waals surface area (Å²) in [4.78, 5) is 14.8. The molecule has 1 heterocycles. The number of rotatable bonds is 6. The predicted molar refractivity (Wildman–Crippen MR) is 91.9 cm³/mol. The number of benzene rings is 2. The highest BCUT2D eigenvalue weighted by molar-refractivity contribution is 6.30. The first-order valence-electron chi connectivity index (χ1n) is 7.52. The molecule has 24 heavy (non-hydrogen) atoms. The maximum atomic E-state index is 13.2. The Morgan fingerprint density at radius 1 is 1.21 bits per heavy atom. The van der Waals surface area contributed by atoms with Crippen molar-refractivity contribution in [3.8, 4) is 5.75 Å². The van der Waals surface area contributed by atoms with Crippen molar-refractivity contribution >= 4 is 28.4 Å². The smallest absolute Gasteiger partial charge is 0.257 e. The molecule has 2 N–H and O–H groups in total. The highest BCUT2D eigenvalue weighted by atomic mass is 35.5. The lowest BCUT2D eigenvalue weighted by Gasteiger charge is -2.07. The van der Waals surface area contributed by atoms with Crippen LogP contribution in [0.25, 0.3) is 10.9 Å². The summed E-state index contributed by atoms with van der Waals surface area (Å²) in [7, 11) is 0. The fourth-order valence-electron chi connectivity index (χ4n) is 2.43. The third-order valence-electron chi connectivity index (χ3n) is 3.63. The molecule has 0 saturated carbocycles. The summed E-state index contributed by atoms with van der Waals surface area (Å²) in [6.07, 6.45) is 2.48. The van der Waals surface area contributed by atoms with Gasteiger partial charge in [0.1, 0.15) is 11.6 Å². The number of hydrogen-bond acceptors (Lipinski definition) is 2. The number of amides is 1. The monoisotopic (exact) mass is 346 g/mol. The Balaban J connectivity index is 1.47. The quantitative estimate of drug-likeness (QED) is 0.715. The van der Waals surface area contributed by atoms with E-state index in [1.54, 1.807) is 30.3 Å². The summed E-state index contributed by atoms with van der Waals surface area (Å²) < 4.78 is 18.5. The fraction of sp³-hybridized carbons (Fsp3) is 0.167. The highest BCUT2D eigenvalue weighted by Gasteiger charge is 2.06. The molecule has 0 aliphatic heterocycles. The lowest BCUT2D eigenvalue weighted by molar-refractivity contribution is -0.123. The Morgan fingerprint density at radius 2 is 2.00 bits per heavy atom. The van der Waals surface area contributed by atoms with E-state index in [9.17, 15) is 9.18 Å². The highest BCUT2D eigenvalue weighted by Crippen LogP contribution is 2.19. The molecule has 0 fully saturated rings. The number of carbonyl (C=O) groups excluding carboxylic acids is 1. The zero-order chi connectivity index (χ0) is 16.9. The Morgan fingerprint density at radius 3 is 2.79 bits per heavy atom. The van der Waals surface area contributed by atoms with Crippen molar-refractivity contribution < 1.29 is 13.9 Å². The zero-order valence-corrected chi connectivity index (χ0v) is 13.6. The van der Waals surface area contributed by atoms with Gasteiger partial charge in [0.25, 0.3) is 5.91 Å². The molecule has 0 atom stereocenters. The van der Waals surface area contributed by atoms with Crippen molar-refractivity contribution in [2.45, 2.75) is 6.42 Å². The van der Waals surface area contributed by atoms with E-state index in [4.69, 9.17) is 16.3 Å². The van der Waals surface area contributed by atoms with Gasteiger partial charge in [0, 0.05) is 28.7 Å². The molecule has 0 aliphatic carbocycles. The van der Waals surface area contributed by atoms with Crippen LogP contribution >= 0.6 is 11.6 Å². The van der Waals surface area contributed by atoms with Crippen molar-refractivity contribution in [3.05, 3.63) is 65.1 Å². The normalized spacial score (nSPS) is 10.8. The maximum absolute atomic E-state index is 13.2. The van der Waals surface area contributed by atoms with E-state index in [-0.39, 0.29) is 18.3 Å². The second-order valence-electron chi connectivity index (χ2n) is 5.35. The van der Waals surface area contributed by atoms with Gasteiger partial charge in [-0.3, -0.25) is 4.79 Å². The largest absolute Gasteiger partial charge is 0.484 e. The van der Waals surface area contributed by atoms with Crippen LogP contribution in [0.5, 0.6) is 5.75 Å². The van der Waals surface area contributed by atoms with Crippen molar-refractivity contribution in [2.75, 3.05) is 13.2 Å². The number of hydrogen-bond donors (Lipinski definition) is 2. The molecular weight excluding hydrogens is 331 g/mol. The average Bonchev–Trinajstić information content (AvgIpc) is 2.96. The summed E-state index contributed by atoms with van der Waals surface area (Å²) in [5, 5.41) is 4.38. The molecule has 4 nitrogen and oxygen atoms in total. The number of fused-ring (bicyclic) bond motifs is 1. The van der Waals surface area contributed by atoms with E-state index in [2.05, 4.69) is 10.3 Å². The maximum Gasteiger partial charge on any atom is 0.257 e. The fourth-order valence-corrected chi connectivity index (χ4v) is 2.56. The molecule has 6 heteroatoms. The van der Waals surface area contributed by atoms with Crippen molar-refractivity contribution in [1.82, 2.24) is 10.3 Å². The number of halogens is 2. The van der Waals surface area contributed by atoms with Gasteiger partial charge in [-0.05, 0) is 54.4 Å². The predicted octanol–water partition coefficient (Wildman–Crippen LogP) is 3.70. The van der Waals surface area contributed by atoms with Crippen LogP contribution in [-0.4, -0.2) is 24.0 Å².